The van der Waals surface area contributed by atoms with Gasteiger partial charge in [-0.3, -0.25) is 4.79 Å². The SMILES string of the molecule is CCCCCCCCn1c(=O)c(OC(C)C)c(OCCCC)c2ccc(OC)cc21. The number of methoxy groups -OCH3 is 1. The van der Waals surface area contributed by atoms with Crippen LogP contribution in [0, 0.1) is 0 Å². The summed E-state index contributed by atoms with van der Waals surface area (Å²) in [5.41, 5.74) is 0.722. The van der Waals surface area contributed by atoms with E-state index >= 15 is 0 Å². The molecule has 0 fully saturated rings. The van der Waals surface area contributed by atoms with Gasteiger partial charge in [0.2, 0.25) is 5.75 Å². The number of rotatable bonds is 14. The summed E-state index contributed by atoms with van der Waals surface area (Å²) in [4.78, 5) is 13.5. The predicted molar refractivity (Wildman–Crippen MR) is 124 cm³/mol. The molecule has 0 aliphatic rings. The van der Waals surface area contributed by atoms with Crippen LogP contribution in [0.2, 0.25) is 0 Å². The Morgan fingerprint density at radius 1 is 0.933 bits per heavy atom. The van der Waals surface area contributed by atoms with Crippen molar-refractivity contribution < 1.29 is 14.2 Å². The summed E-state index contributed by atoms with van der Waals surface area (Å²) < 4.78 is 19.3. The number of hydrogen-bond donors (Lipinski definition) is 0. The Kier molecular flexibility index (Phi) is 10.0. The summed E-state index contributed by atoms with van der Waals surface area (Å²) in [5.74, 6) is 1.61. The molecule has 1 aromatic carbocycles. The molecule has 2 rings (SSSR count). The minimum absolute atomic E-state index is 0.107. The third-order valence-electron chi connectivity index (χ3n) is 5.22. The van der Waals surface area contributed by atoms with Gasteiger partial charge in [0, 0.05) is 18.0 Å². The topological polar surface area (TPSA) is 49.7 Å². The Hall–Kier alpha value is -2.17. The van der Waals surface area contributed by atoms with Crippen LogP contribution in [-0.4, -0.2) is 24.4 Å². The Morgan fingerprint density at radius 2 is 1.63 bits per heavy atom. The van der Waals surface area contributed by atoms with Crippen molar-refractivity contribution in [1.29, 1.82) is 0 Å². The lowest BCUT2D eigenvalue weighted by Crippen LogP contribution is -2.25. The number of hydrogen-bond acceptors (Lipinski definition) is 4. The molecule has 2 aromatic rings. The summed E-state index contributed by atoms with van der Waals surface area (Å²) in [6, 6.07) is 5.81. The second-order valence-electron chi connectivity index (χ2n) is 8.13. The molecule has 0 saturated carbocycles. The van der Waals surface area contributed by atoms with Crippen LogP contribution in [0.15, 0.2) is 23.0 Å². The van der Waals surface area contributed by atoms with E-state index in [1.165, 1.54) is 25.7 Å². The van der Waals surface area contributed by atoms with Gasteiger partial charge in [0.25, 0.3) is 5.56 Å². The Morgan fingerprint density at radius 3 is 2.30 bits per heavy atom. The molecule has 1 heterocycles. The van der Waals surface area contributed by atoms with Crippen molar-refractivity contribution in [3.05, 3.63) is 28.6 Å². The fourth-order valence-corrected chi connectivity index (χ4v) is 3.58. The molecule has 0 saturated heterocycles. The molecular formula is C25H39NO4. The highest BCUT2D eigenvalue weighted by Crippen LogP contribution is 2.35. The number of benzene rings is 1. The summed E-state index contributed by atoms with van der Waals surface area (Å²) in [6.07, 6.45) is 8.91. The van der Waals surface area contributed by atoms with Gasteiger partial charge < -0.3 is 18.8 Å². The van der Waals surface area contributed by atoms with Crippen LogP contribution < -0.4 is 19.8 Å². The standard InChI is InChI=1S/C25H39NO4/c1-6-8-10-11-12-13-16-26-22-18-20(28-5)14-15-21(22)23(29-17-9-7-2)24(25(26)27)30-19(3)4/h14-15,18-19H,6-13,16-17H2,1-5H3. The first-order valence-electron chi connectivity index (χ1n) is 11.6. The lowest BCUT2D eigenvalue weighted by atomic mass is 10.1. The van der Waals surface area contributed by atoms with Crippen molar-refractivity contribution in [1.82, 2.24) is 4.57 Å². The van der Waals surface area contributed by atoms with E-state index < -0.39 is 0 Å². The Balaban J connectivity index is 2.47. The zero-order chi connectivity index (χ0) is 21.9. The van der Waals surface area contributed by atoms with Crippen LogP contribution in [0.4, 0.5) is 0 Å². The third-order valence-corrected chi connectivity index (χ3v) is 5.22. The molecule has 1 aromatic heterocycles. The summed E-state index contributed by atoms with van der Waals surface area (Å²) in [5, 5.41) is 0.896. The van der Waals surface area contributed by atoms with Crippen molar-refractivity contribution in [2.45, 2.75) is 91.7 Å². The number of aromatic nitrogens is 1. The summed E-state index contributed by atoms with van der Waals surface area (Å²) in [7, 11) is 1.65. The van der Waals surface area contributed by atoms with Crippen molar-refractivity contribution in [3.63, 3.8) is 0 Å². The molecule has 5 heteroatoms. The maximum Gasteiger partial charge on any atom is 0.297 e. The number of pyridine rings is 1. The van der Waals surface area contributed by atoms with E-state index in [4.69, 9.17) is 14.2 Å². The average molecular weight is 418 g/mol. The molecule has 0 spiro atoms. The first-order valence-corrected chi connectivity index (χ1v) is 11.6. The molecule has 0 unspecified atom stereocenters. The van der Waals surface area contributed by atoms with Crippen LogP contribution in [0.5, 0.6) is 17.2 Å². The molecular weight excluding hydrogens is 378 g/mol. The summed E-state index contributed by atoms with van der Waals surface area (Å²) in [6.45, 7) is 9.44. The Labute approximate surface area is 181 Å². The smallest absolute Gasteiger partial charge is 0.297 e. The van der Waals surface area contributed by atoms with E-state index in [0.717, 1.165) is 42.3 Å². The highest BCUT2D eigenvalue weighted by atomic mass is 16.5. The molecule has 0 radical (unpaired) electrons. The van der Waals surface area contributed by atoms with Gasteiger partial charge in [-0.25, -0.2) is 0 Å². The lowest BCUT2D eigenvalue weighted by Gasteiger charge is -2.20. The molecule has 0 amide bonds. The fourth-order valence-electron chi connectivity index (χ4n) is 3.58. The van der Waals surface area contributed by atoms with E-state index in [0.29, 0.717) is 24.7 Å². The maximum absolute atomic E-state index is 13.5. The van der Waals surface area contributed by atoms with Gasteiger partial charge in [0.1, 0.15) is 5.75 Å². The number of nitrogens with zero attached hydrogens (tertiary/aromatic N) is 1. The fraction of sp³-hybridized carbons (Fsp3) is 0.640. The molecule has 0 atom stereocenters. The van der Waals surface area contributed by atoms with Gasteiger partial charge >= 0.3 is 0 Å². The summed E-state index contributed by atoms with van der Waals surface area (Å²) >= 11 is 0. The molecule has 0 bridgehead atoms. The molecule has 0 N–H and O–H groups in total. The van der Waals surface area contributed by atoms with E-state index in [9.17, 15) is 4.79 Å². The van der Waals surface area contributed by atoms with Gasteiger partial charge in [0.15, 0.2) is 5.75 Å². The second kappa shape index (κ2) is 12.5. The molecule has 0 aliphatic carbocycles. The zero-order valence-electron chi connectivity index (χ0n) is 19.5. The van der Waals surface area contributed by atoms with Crippen LogP contribution in [0.3, 0.4) is 0 Å². The van der Waals surface area contributed by atoms with Gasteiger partial charge in [0.05, 0.1) is 25.3 Å². The average Bonchev–Trinajstić information content (AvgIpc) is 2.74. The third kappa shape index (κ3) is 6.41. The highest BCUT2D eigenvalue weighted by Gasteiger charge is 2.21. The van der Waals surface area contributed by atoms with Crippen LogP contribution >= 0.6 is 0 Å². The second-order valence-corrected chi connectivity index (χ2v) is 8.13. The first-order chi connectivity index (χ1) is 14.5. The van der Waals surface area contributed by atoms with Crippen LogP contribution in [0.25, 0.3) is 10.9 Å². The molecule has 168 valence electrons. The minimum atomic E-state index is -0.121. The normalized spacial score (nSPS) is 11.3. The molecule has 30 heavy (non-hydrogen) atoms. The number of unbranched alkanes of at least 4 members (excludes halogenated alkanes) is 6. The van der Waals surface area contributed by atoms with Crippen molar-refractivity contribution >= 4 is 10.9 Å². The highest BCUT2D eigenvalue weighted by molar-refractivity contribution is 5.89. The maximum atomic E-state index is 13.5. The van der Waals surface area contributed by atoms with E-state index in [2.05, 4.69) is 13.8 Å². The quantitative estimate of drug-likeness (QED) is 0.337. The van der Waals surface area contributed by atoms with Crippen molar-refractivity contribution in [2.24, 2.45) is 0 Å². The van der Waals surface area contributed by atoms with E-state index in [-0.39, 0.29) is 11.7 Å². The lowest BCUT2D eigenvalue weighted by molar-refractivity contribution is 0.216. The van der Waals surface area contributed by atoms with Crippen LogP contribution in [-0.2, 0) is 6.54 Å². The number of aryl methyl sites for hydroxylation is 1. The largest absolute Gasteiger partial charge is 0.497 e. The van der Waals surface area contributed by atoms with Gasteiger partial charge in [-0.05, 0) is 38.8 Å². The predicted octanol–water partition coefficient (Wildman–Crippen LogP) is 6.34. The minimum Gasteiger partial charge on any atom is -0.497 e. The van der Waals surface area contributed by atoms with E-state index in [1.807, 2.05) is 36.6 Å². The van der Waals surface area contributed by atoms with Gasteiger partial charge in [-0.1, -0.05) is 52.4 Å². The van der Waals surface area contributed by atoms with Gasteiger partial charge in [-0.2, -0.15) is 0 Å². The first kappa shape index (κ1) is 24.1. The van der Waals surface area contributed by atoms with E-state index in [1.54, 1.807) is 7.11 Å². The van der Waals surface area contributed by atoms with Crippen molar-refractivity contribution in [2.75, 3.05) is 13.7 Å². The molecule has 5 nitrogen and oxygen atoms in total. The number of fused-ring (bicyclic) bond motifs is 1. The van der Waals surface area contributed by atoms with Crippen LogP contribution in [0.1, 0.15) is 79.1 Å². The van der Waals surface area contributed by atoms with Crippen molar-refractivity contribution in [3.8, 4) is 17.2 Å². The number of ether oxygens (including phenoxy) is 3. The molecule has 0 aliphatic heterocycles. The Bertz CT molecular complexity index is 841. The van der Waals surface area contributed by atoms with Gasteiger partial charge in [-0.15, -0.1) is 0 Å². The zero-order valence-corrected chi connectivity index (χ0v) is 19.5. The monoisotopic (exact) mass is 417 g/mol.